The van der Waals surface area contributed by atoms with Gasteiger partial charge in [-0.3, -0.25) is 4.90 Å². The maximum Gasteiger partial charge on any atom is 0.0410 e. The summed E-state index contributed by atoms with van der Waals surface area (Å²) in [5.41, 5.74) is 0. The zero-order valence-electron chi connectivity index (χ0n) is 11.1. The van der Waals surface area contributed by atoms with Gasteiger partial charge in [0.1, 0.15) is 0 Å². The summed E-state index contributed by atoms with van der Waals surface area (Å²) in [6, 6.07) is 5.61. The van der Waals surface area contributed by atoms with E-state index in [9.17, 15) is 0 Å². The fraction of sp³-hybridized carbons (Fsp3) is 0.714. The van der Waals surface area contributed by atoms with Gasteiger partial charge in [-0.1, -0.05) is 6.07 Å². The third-order valence-electron chi connectivity index (χ3n) is 3.88. The first-order chi connectivity index (χ1) is 8.18. The van der Waals surface area contributed by atoms with Gasteiger partial charge in [-0.05, 0) is 51.1 Å². The molecule has 1 aliphatic rings. The molecule has 0 aliphatic heterocycles. The monoisotopic (exact) mass is 252 g/mol. The molecule has 3 heteroatoms. The van der Waals surface area contributed by atoms with Crippen LogP contribution in [0.25, 0.3) is 0 Å². The molecule has 1 fully saturated rings. The van der Waals surface area contributed by atoms with Crippen LogP contribution >= 0.6 is 11.3 Å². The van der Waals surface area contributed by atoms with E-state index in [1.807, 2.05) is 11.3 Å². The lowest BCUT2D eigenvalue weighted by Crippen LogP contribution is -2.36. The van der Waals surface area contributed by atoms with Gasteiger partial charge in [-0.15, -0.1) is 11.3 Å². The predicted octanol–water partition coefficient (Wildman–Crippen LogP) is 3.13. The summed E-state index contributed by atoms with van der Waals surface area (Å²) < 4.78 is 0. The SMILES string of the molecule is CC(NCCN(C)C(C)c1cccs1)C1CC1. The molecule has 1 aromatic rings. The van der Waals surface area contributed by atoms with Crippen LogP contribution < -0.4 is 5.32 Å². The molecule has 17 heavy (non-hydrogen) atoms. The average molecular weight is 252 g/mol. The lowest BCUT2D eigenvalue weighted by Gasteiger charge is -2.24. The first-order valence-electron chi connectivity index (χ1n) is 6.65. The molecule has 2 atom stereocenters. The van der Waals surface area contributed by atoms with Crippen LogP contribution in [0.3, 0.4) is 0 Å². The van der Waals surface area contributed by atoms with E-state index in [1.165, 1.54) is 17.7 Å². The Labute approximate surface area is 109 Å². The molecule has 1 heterocycles. The summed E-state index contributed by atoms with van der Waals surface area (Å²) in [6.07, 6.45) is 2.85. The van der Waals surface area contributed by atoms with Crippen molar-refractivity contribution in [3.8, 4) is 0 Å². The molecule has 1 aromatic heterocycles. The Morgan fingerprint density at radius 3 is 2.82 bits per heavy atom. The zero-order chi connectivity index (χ0) is 12.3. The minimum atomic E-state index is 0.535. The largest absolute Gasteiger partial charge is 0.313 e. The van der Waals surface area contributed by atoms with Crippen molar-refractivity contribution in [2.24, 2.45) is 5.92 Å². The number of nitrogens with one attached hydrogen (secondary N) is 1. The maximum atomic E-state index is 3.64. The van der Waals surface area contributed by atoms with Gasteiger partial charge < -0.3 is 5.32 Å². The van der Waals surface area contributed by atoms with Crippen molar-refractivity contribution in [2.45, 2.75) is 38.8 Å². The van der Waals surface area contributed by atoms with E-state index in [0.717, 1.165) is 19.0 Å². The summed E-state index contributed by atoms with van der Waals surface area (Å²) in [5, 5.41) is 5.80. The topological polar surface area (TPSA) is 15.3 Å². The van der Waals surface area contributed by atoms with Crippen LogP contribution in [-0.2, 0) is 0 Å². The van der Waals surface area contributed by atoms with Crippen LogP contribution in [0, 0.1) is 5.92 Å². The van der Waals surface area contributed by atoms with E-state index < -0.39 is 0 Å². The fourth-order valence-corrected chi connectivity index (χ4v) is 3.02. The van der Waals surface area contributed by atoms with Crippen LogP contribution in [0.4, 0.5) is 0 Å². The fourth-order valence-electron chi connectivity index (χ4n) is 2.17. The van der Waals surface area contributed by atoms with Gasteiger partial charge in [0.25, 0.3) is 0 Å². The minimum absolute atomic E-state index is 0.535. The van der Waals surface area contributed by atoms with Crippen molar-refractivity contribution < 1.29 is 0 Å². The van der Waals surface area contributed by atoms with E-state index in [1.54, 1.807) is 0 Å². The Kier molecular flexibility index (Phi) is 4.60. The summed E-state index contributed by atoms with van der Waals surface area (Å²) in [6.45, 7) is 6.83. The third-order valence-corrected chi connectivity index (χ3v) is 4.92. The van der Waals surface area contributed by atoms with Gasteiger partial charge in [0.2, 0.25) is 0 Å². The number of rotatable bonds is 7. The molecular formula is C14H24N2S. The van der Waals surface area contributed by atoms with Crippen molar-refractivity contribution in [3.63, 3.8) is 0 Å². The van der Waals surface area contributed by atoms with Gasteiger partial charge in [0, 0.05) is 30.1 Å². The lowest BCUT2D eigenvalue weighted by atomic mass is 10.2. The predicted molar refractivity (Wildman–Crippen MR) is 75.6 cm³/mol. The number of nitrogens with zero attached hydrogens (tertiary/aromatic N) is 1. The van der Waals surface area contributed by atoms with E-state index in [2.05, 4.69) is 48.6 Å². The number of hydrogen-bond donors (Lipinski definition) is 1. The molecule has 0 bridgehead atoms. The van der Waals surface area contributed by atoms with E-state index in [0.29, 0.717) is 12.1 Å². The van der Waals surface area contributed by atoms with Crippen LogP contribution in [0.15, 0.2) is 17.5 Å². The molecule has 2 nitrogen and oxygen atoms in total. The lowest BCUT2D eigenvalue weighted by molar-refractivity contribution is 0.259. The Balaban J connectivity index is 1.67. The van der Waals surface area contributed by atoms with Gasteiger partial charge in [-0.25, -0.2) is 0 Å². The highest BCUT2D eigenvalue weighted by atomic mass is 32.1. The minimum Gasteiger partial charge on any atom is -0.313 e. The van der Waals surface area contributed by atoms with Crippen LogP contribution in [-0.4, -0.2) is 31.1 Å². The van der Waals surface area contributed by atoms with Crippen LogP contribution in [0.2, 0.25) is 0 Å². The second kappa shape index (κ2) is 5.98. The maximum absolute atomic E-state index is 3.64. The second-order valence-electron chi connectivity index (χ2n) is 5.25. The van der Waals surface area contributed by atoms with Crippen molar-refractivity contribution in [1.29, 1.82) is 0 Å². The van der Waals surface area contributed by atoms with Crippen molar-refractivity contribution in [2.75, 3.05) is 20.1 Å². The van der Waals surface area contributed by atoms with E-state index >= 15 is 0 Å². The molecule has 0 radical (unpaired) electrons. The highest BCUT2D eigenvalue weighted by molar-refractivity contribution is 7.10. The van der Waals surface area contributed by atoms with Gasteiger partial charge in [0.15, 0.2) is 0 Å². The summed E-state index contributed by atoms with van der Waals surface area (Å²) in [5.74, 6) is 0.954. The molecule has 0 amide bonds. The average Bonchev–Trinajstić information content (AvgIpc) is 3.03. The molecule has 1 aliphatic carbocycles. The molecule has 2 rings (SSSR count). The van der Waals surface area contributed by atoms with Crippen LogP contribution in [0.5, 0.6) is 0 Å². The molecule has 1 saturated carbocycles. The van der Waals surface area contributed by atoms with Gasteiger partial charge in [0.05, 0.1) is 0 Å². The summed E-state index contributed by atoms with van der Waals surface area (Å²) in [7, 11) is 2.22. The Morgan fingerprint density at radius 1 is 1.47 bits per heavy atom. The first kappa shape index (κ1) is 13.1. The standard InChI is InChI=1S/C14H24N2S/c1-11(13-6-7-13)15-8-9-16(3)12(2)14-5-4-10-17-14/h4-5,10-13,15H,6-9H2,1-3H3. The Bertz CT molecular complexity index is 319. The summed E-state index contributed by atoms with van der Waals surface area (Å²) in [4.78, 5) is 3.89. The highest BCUT2D eigenvalue weighted by Gasteiger charge is 2.27. The number of thiophene rings is 1. The Hall–Kier alpha value is -0.380. The third kappa shape index (κ3) is 3.80. The first-order valence-corrected chi connectivity index (χ1v) is 7.53. The zero-order valence-corrected chi connectivity index (χ0v) is 12.0. The van der Waals surface area contributed by atoms with Crippen molar-refractivity contribution in [3.05, 3.63) is 22.4 Å². The normalized spacial score (nSPS) is 19.5. The summed E-state index contributed by atoms with van der Waals surface area (Å²) >= 11 is 1.85. The smallest absolute Gasteiger partial charge is 0.0410 e. The van der Waals surface area contributed by atoms with E-state index in [-0.39, 0.29) is 0 Å². The number of hydrogen-bond acceptors (Lipinski definition) is 3. The molecule has 0 spiro atoms. The Morgan fingerprint density at radius 2 is 2.24 bits per heavy atom. The van der Waals surface area contributed by atoms with Gasteiger partial charge >= 0.3 is 0 Å². The van der Waals surface area contributed by atoms with E-state index in [4.69, 9.17) is 0 Å². The molecule has 0 saturated heterocycles. The molecule has 2 unspecified atom stereocenters. The quantitative estimate of drug-likeness (QED) is 0.802. The molecule has 96 valence electrons. The number of likely N-dealkylation sites (N-methyl/N-ethyl adjacent to an activating group) is 1. The molecular weight excluding hydrogens is 228 g/mol. The molecule has 0 aromatic carbocycles. The van der Waals surface area contributed by atoms with Crippen LogP contribution in [0.1, 0.15) is 37.6 Å². The van der Waals surface area contributed by atoms with Crippen molar-refractivity contribution >= 4 is 11.3 Å². The second-order valence-corrected chi connectivity index (χ2v) is 6.23. The van der Waals surface area contributed by atoms with Crippen molar-refractivity contribution in [1.82, 2.24) is 10.2 Å². The highest BCUT2D eigenvalue weighted by Crippen LogP contribution is 2.32. The van der Waals surface area contributed by atoms with Gasteiger partial charge in [-0.2, -0.15) is 0 Å². The molecule has 1 N–H and O–H groups in total.